The average molecular weight is 373 g/mol. The lowest BCUT2D eigenvalue weighted by Crippen LogP contribution is -2.45. The monoisotopic (exact) mass is 373 g/mol. The van der Waals surface area contributed by atoms with Crippen molar-refractivity contribution in [3.8, 4) is 0 Å². The van der Waals surface area contributed by atoms with Gasteiger partial charge >= 0.3 is 0 Å². The lowest BCUT2D eigenvalue weighted by Gasteiger charge is -2.21. The van der Waals surface area contributed by atoms with Crippen LogP contribution < -0.4 is 10.6 Å². The van der Waals surface area contributed by atoms with Crippen molar-refractivity contribution in [3.05, 3.63) is 39.9 Å². The van der Waals surface area contributed by atoms with Crippen molar-refractivity contribution in [1.29, 1.82) is 0 Å². The number of nitrogens with one attached hydrogen (secondary N) is 2. The fraction of sp³-hybridized carbons (Fsp3) is 0.579. The zero-order chi connectivity index (χ0) is 19.2. The number of likely N-dealkylation sites (tertiary alicyclic amines) is 1. The van der Waals surface area contributed by atoms with E-state index in [1.54, 1.807) is 19.2 Å². The van der Waals surface area contributed by atoms with Gasteiger partial charge in [0.1, 0.15) is 0 Å². The highest BCUT2D eigenvalue weighted by Crippen LogP contribution is 2.27. The number of hydrogen-bond donors (Lipinski definition) is 2. The van der Waals surface area contributed by atoms with E-state index in [2.05, 4.69) is 15.6 Å². The molecule has 1 aliphatic carbocycles. The number of nitrogens with zero attached hydrogens (tertiary/aromatic N) is 3. The second-order valence-corrected chi connectivity index (χ2v) is 7.24. The summed E-state index contributed by atoms with van der Waals surface area (Å²) in [5.41, 5.74) is 1.02. The van der Waals surface area contributed by atoms with Crippen molar-refractivity contribution in [1.82, 2.24) is 15.5 Å². The SMILES string of the molecule is CN=C(NCc1ccc([N+](=O)[O-])cc1)NC1CCN(C(=O)C2CCCC2)C1. The smallest absolute Gasteiger partial charge is 0.269 e. The first-order valence-corrected chi connectivity index (χ1v) is 9.56. The maximum absolute atomic E-state index is 12.5. The van der Waals surface area contributed by atoms with Gasteiger partial charge in [-0.1, -0.05) is 25.0 Å². The van der Waals surface area contributed by atoms with Crippen molar-refractivity contribution in [2.24, 2.45) is 10.9 Å². The van der Waals surface area contributed by atoms with Gasteiger partial charge in [-0.2, -0.15) is 0 Å². The van der Waals surface area contributed by atoms with E-state index in [0.717, 1.165) is 31.4 Å². The predicted molar refractivity (Wildman–Crippen MR) is 103 cm³/mol. The number of carbonyl (C=O) groups is 1. The van der Waals surface area contributed by atoms with E-state index in [4.69, 9.17) is 0 Å². The Morgan fingerprint density at radius 3 is 2.59 bits per heavy atom. The molecule has 2 fully saturated rings. The number of carbonyl (C=O) groups excluding carboxylic acids is 1. The van der Waals surface area contributed by atoms with E-state index in [-0.39, 0.29) is 17.6 Å². The van der Waals surface area contributed by atoms with Crippen molar-refractivity contribution >= 4 is 17.6 Å². The van der Waals surface area contributed by atoms with Crippen LogP contribution in [0.2, 0.25) is 0 Å². The summed E-state index contributed by atoms with van der Waals surface area (Å²) in [4.78, 5) is 29.1. The molecule has 0 radical (unpaired) electrons. The molecule has 8 heteroatoms. The minimum Gasteiger partial charge on any atom is -0.352 e. The molecule has 0 aromatic heterocycles. The number of rotatable bonds is 5. The van der Waals surface area contributed by atoms with Gasteiger partial charge in [0.05, 0.1) is 4.92 Å². The van der Waals surface area contributed by atoms with Crippen molar-refractivity contribution in [2.75, 3.05) is 20.1 Å². The van der Waals surface area contributed by atoms with Crippen molar-refractivity contribution < 1.29 is 9.72 Å². The minimum absolute atomic E-state index is 0.0826. The van der Waals surface area contributed by atoms with Crippen LogP contribution in [0.3, 0.4) is 0 Å². The Balaban J connectivity index is 1.46. The van der Waals surface area contributed by atoms with Gasteiger partial charge in [0, 0.05) is 50.8 Å². The van der Waals surface area contributed by atoms with Gasteiger partial charge in [-0.3, -0.25) is 19.9 Å². The molecule has 1 aromatic carbocycles. The number of non-ortho nitro benzene ring substituents is 1. The summed E-state index contributed by atoms with van der Waals surface area (Å²) in [5.74, 6) is 1.21. The lowest BCUT2D eigenvalue weighted by atomic mass is 10.1. The first kappa shape index (κ1) is 19.1. The molecule has 0 spiro atoms. The molecule has 27 heavy (non-hydrogen) atoms. The maximum Gasteiger partial charge on any atom is 0.269 e. The van der Waals surface area contributed by atoms with Gasteiger partial charge in [0.25, 0.3) is 5.69 Å². The Labute approximate surface area is 159 Å². The van der Waals surface area contributed by atoms with E-state index in [0.29, 0.717) is 25.0 Å². The van der Waals surface area contributed by atoms with Crippen LogP contribution in [0.1, 0.15) is 37.7 Å². The number of nitro groups is 1. The number of nitro benzene ring substituents is 1. The number of guanidine groups is 1. The third-order valence-electron chi connectivity index (χ3n) is 5.38. The summed E-state index contributed by atoms with van der Waals surface area (Å²) in [5, 5.41) is 17.3. The van der Waals surface area contributed by atoms with Crippen LogP contribution in [0, 0.1) is 16.0 Å². The number of amides is 1. The summed E-state index contributed by atoms with van der Waals surface area (Å²) in [7, 11) is 1.71. The zero-order valence-corrected chi connectivity index (χ0v) is 15.7. The number of benzene rings is 1. The van der Waals surface area contributed by atoms with E-state index >= 15 is 0 Å². The molecule has 1 saturated carbocycles. The fourth-order valence-corrected chi connectivity index (χ4v) is 3.82. The molecule has 1 heterocycles. The highest BCUT2D eigenvalue weighted by molar-refractivity contribution is 5.81. The van der Waals surface area contributed by atoms with E-state index < -0.39 is 4.92 Å². The molecule has 1 saturated heterocycles. The first-order valence-electron chi connectivity index (χ1n) is 9.56. The third-order valence-corrected chi connectivity index (χ3v) is 5.38. The van der Waals surface area contributed by atoms with E-state index in [1.807, 2.05) is 4.90 Å². The van der Waals surface area contributed by atoms with Crippen molar-refractivity contribution in [2.45, 2.75) is 44.7 Å². The van der Waals surface area contributed by atoms with Gasteiger partial charge < -0.3 is 15.5 Å². The predicted octanol–water partition coefficient (Wildman–Crippen LogP) is 2.05. The van der Waals surface area contributed by atoms with Crippen LogP contribution >= 0.6 is 0 Å². The van der Waals surface area contributed by atoms with Gasteiger partial charge in [0.2, 0.25) is 5.91 Å². The molecule has 1 atom stereocenters. The molecule has 2 N–H and O–H groups in total. The van der Waals surface area contributed by atoms with Crippen LogP contribution in [0.25, 0.3) is 0 Å². The Morgan fingerprint density at radius 2 is 1.96 bits per heavy atom. The Kier molecular flexibility index (Phi) is 6.26. The van der Waals surface area contributed by atoms with Crippen LogP contribution in [-0.2, 0) is 11.3 Å². The Hall–Kier alpha value is -2.64. The molecule has 1 aromatic rings. The van der Waals surface area contributed by atoms with Crippen LogP contribution in [-0.4, -0.2) is 47.9 Å². The molecule has 3 rings (SSSR count). The zero-order valence-electron chi connectivity index (χ0n) is 15.7. The average Bonchev–Trinajstić information content (AvgIpc) is 3.37. The fourth-order valence-electron chi connectivity index (χ4n) is 3.82. The van der Waals surface area contributed by atoms with E-state index in [9.17, 15) is 14.9 Å². The quantitative estimate of drug-likeness (QED) is 0.356. The van der Waals surface area contributed by atoms with Gasteiger partial charge in [0.15, 0.2) is 5.96 Å². The van der Waals surface area contributed by atoms with Crippen LogP contribution in [0.5, 0.6) is 0 Å². The topological polar surface area (TPSA) is 99.9 Å². The molecular weight excluding hydrogens is 346 g/mol. The molecule has 1 amide bonds. The highest BCUT2D eigenvalue weighted by Gasteiger charge is 2.32. The number of aliphatic imine (C=N–C) groups is 1. The van der Waals surface area contributed by atoms with Gasteiger partial charge in [-0.05, 0) is 24.8 Å². The van der Waals surface area contributed by atoms with Gasteiger partial charge in [-0.15, -0.1) is 0 Å². The summed E-state index contributed by atoms with van der Waals surface area (Å²) < 4.78 is 0. The largest absolute Gasteiger partial charge is 0.352 e. The molecule has 1 aliphatic heterocycles. The minimum atomic E-state index is -0.406. The lowest BCUT2D eigenvalue weighted by molar-refractivity contribution is -0.384. The van der Waals surface area contributed by atoms with Crippen molar-refractivity contribution in [3.63, 3.8) is 0 Å². The third kappa shape index (κ3) is 4.96. The molecular formula is C19H27N5O3. The Morgan fingerprint density at radius 1 is 1.26 bits per heavy atom. The first-order chi connectivity index (χ1) is 13.1. The van der Waals surface area contributed by atoms with Crippen LogP contribution in [0.15, 0.2) is 29.3 Å². The second-order valence-electron chi connectivity index (χ2n) is 7.24. The standard InChI is InChI=1S/C19H27N5O3/c1-20-19(21-12-14-6-8-17(9-7-14)24(26)27)22-16-10-11-23(13-16)18(25)15-4-2-3-5-15/h6-9,15-16H,2-5,10-13H2,1H3,(H2,20,21,22). The highest BCUT2D eigenvalue weighted by atomic mass is 16.6. The summed E-state index contributed by atoms with van der Waals surface area (Å²) in [6.45, 7) is 2.04. The maximum atomic E-state index is 12.5. The molecule has 0 bridgehead atoms. The Bertz CT molecular complexity index is 698. The van der Waals surface area contributed by atoms with Crippen LogP contribution in [0.4, 0.5) is 5.69 Å². The molecule has 2 aliphatic rings. The molecule has 146 valence electrons. The van der Waals surface area contributed by atoms with E-state index in [1.165, 1.54) is 25.0 Å². The number of hydrogen-bond acceptors (Lipinski definition) is 4. The molecule has 1 unspecified atom stereocenters. The second kappa shape index (κ2) is 8.83. The normalized spacial score (nSPS) is 20.7. The summed E-state index contributed by atoms with van der Waals surface area (Å²) in [6, 6.07) is 6.65. The molecule has 8 nitrogen and oxygen atoms in total. The summed E-state index contributed by atoms with van der Waals surface area (Å²) >= 11 is 0. The van der Waals surface area contributed by atoms with Gasteiger partial charge in [-0.25, -0.2) is 0 Å². The summed E-state index contributed by atoms with van der Waals surface area (Å²) in [6.07, 6.45) is 5.32.